The summed E-state index contributed by atoms with van der Waals surface area (Å²) in [5, 5.41) is 2.97. The fourth-order valence-electron chi connectivity index (χ4n) is 4.38. The molecule has 1 N–H and O–H groups in total. The lowest BCUT2D eigenvalue weighted by molar-refractivity contribution is -0.121. The number of thiazole rings is 1. The molecule has 5 rings (SSSR count). The third kappa shape index (κ3) is 3.81. The van der Waals surface area contributed by atoms with Crippen LogP contribution in [0.5, 0.6) is 5.75 Å². The Morgan fingerprint density at radius 2 is 2.13 bits per heavy atom. The molecule has 31 heavy (non-hydrogen) atoms. The number of piperidine rings is 1. The van der Waals surface area contributed by atoms with Gasteiger partial charge in [-0.3, -0.25) is 4.79 Å². The topological polar surface area (TPSA) is 88.6 Å². The van der Waals surface area contributed by atoms with Crippen LogP contribution in [0.25, 0.3) is 10.2 Å². The number of nitrogens with zero attached hydrogens (tertiary/aromatic N) is 2. The van der Waals surface area contributed by atoms with Crippen LogP contribution in [0, 0.1) is 5.92 Å². The van der Waals surface area contributed by atoms with Crippen LogP contribution in [0.4, 0.5) is 5.69 Å². The van der Waals surface area contributed by atoms with Gasteiger partial charge in [-0.05, 0) is 61.7 Å². The molecule has 2 aromatic carbocycles. The van der Waals surface area contributed by atoms with Crippen molar-refractivity contribution in [1.29, 1.82) is 0 Å². The van der Waals surface area contributed by atoms with Gasteiger partial charge in [-0.25, -0.2) is 13.4 Å². The van der Waals surface area contributed by atoms with E-state index in [0.29, 0.717) is 36.6 Å². The summed E-state index contributed by atoms with van der Waals surface area (Å²) >= 11 is 1.56. The third-order valence-corrected chi connectivity index (χ3v) is 8.87. The van der Waals surface area contributed by atoms with Gasteiger partial charge in [0.25, 0.3) is 0 Å². The Bertz CT molecular complexity index is 1250. The largest absolute Gasteiger partial charge is 0.493 e. The molecule has 0 radical (unpaired) electrons. The minimum absolute atomic E-state index is 0.0758. The van der Waals surface area contributed by atoms with E-state index in [-0.39, 0.29) is 17.9 Å². The SMILES string of the molecule is CC1CC(C(=O)Nc2ccc3scnc3c2)CCN1S(=O)(=O)c1ccc2c(c1)CCO2. The molecule has 9 heteroatoms. The molecule has 7 nitrogen and oxygen atoms in total. The number of rotatable bonds is 4. The highest BCUT2D eigenvalue weighted by Crippen LogP contribution is 2.33. The number of aromatic nitrogens is 1. The molecule has 1 aromatic heterocycles. The lowest BCUT2D eigenvalue weighted by Crippen LogP contribution is -2.46. The van der Waals surface area contributed by atoms with Crippen LogP contribution in [-0.2, 0) is 21.2 Å². The van der Waals surface area contributed by atoms with Gasteiger partial charge in [0.15, 0.2) is 0 Å². The molecule has 0 bridgehead atoms. The third-order valence-electron chi connectivity index (χ3n) is 6.05. The van der Waals surface area contributed by atoms with E-state index in [4.69, 9.17) is 4.74 Å². The zero-order valence-electron chi connectivity index (χ0n) is 17.1. The summed E-state index contributed by atoms with van der Waals surface area (Å²) in [6.07, 6.45) is 1.70. The summed E-state index contributed by atoms with van der Waals surface area (Å²) in [5.41, 5.74) is 4.28. The zero-order valence-corrected chi connectivity index (χ0v) is 18.7. The van der Waals surface area contributed by atoms with Crippen LogP contribution in [0.2, 0.25) is 0 Å². The molecule has 1 saturated heterocycles. The van der Waals surface area contributed by atoms with Crippen molar-refractivity contribution < 1.29 is 17.9 Å². The minimum Gasteiger partial charge on any atom is -0.493 e. The number of amides is 1. The number of ether oxygens (including phenoxy) is 1. The predicted molar refractivity (Wildman–Crippen MR) is 120 cm³/mol. The summed E-state index contributed by atoms with van der Waals surface area (Å²) in [6.45, 7) is 2.78. The number of nitrogens with one attached hydrogen (secondary N) is 1. The summed E-state index contributed by atoms with van der Waals surface area (Å²) in [6, 6.07) is 10.5. The molecule has 2 aliphatic rings. The van der Waals surface area contributed by atoms with Gasteiger partial charge >= 0.3 is 0 Å². The summed E-state index contributed by atoms with van der Waals surface area (Å²) in [4.78, 5) is 17.4. The summed E-state index contributed by atoms with van der Waals surface area (Å²) in [7, 11) is -3.62. The van der Waals surface area contributed by atoms with E-state index in [0.717, 1.165) is 28.0 Å². The highest BCUT2D eigenvalue weighted by Gasteiger charge is 2.37. The molecule has 0 saturated carbocycles. The highest BCUT2D eigenvalue weighted by atomic mass is 32.2. The molecule has 1 fully saturated rings. The smallest absolute Gasteiger partial charge is 0.243 e. The van der Waals surface area contributed by atoms with Crippen LogP contribution in [0.1, 0.15) is 25.3 Å². The highest BCUT2D eigenvalue weighted by molar-refractivity contribution is 7.89. The first-order chi connectivity index (χ1) is 14.9. The van der Waals surface area contributed by atoms with Crippen molar-refractivity contribution in [2.75, 3.05) is 18.5 Å². The van der Waals surface area contributed by atoms with Crippen molar-refractivity contribution in [2.24, 2.45) is 5.92 Å². The first-order valence-electron chi connectivity index (χ1n) is 10.3. The van der Waals surface area contributed by atoms with Crippen LogP contribution in [-0.4, -0.2) is 42.8 Å². The van der Waals surface area contributed by atoms with Gasteiger partial charge in [-0.1, -0.05) is 0 Å². The summed E-state index contributed by atoms with van der Waals surface area (Å²) < 4.78 is 34.6. The molecule has 162 valence electrons. The van der Waals surface area contributed by atoms with Gasteiger partial charge in [0.1, 0.15) is 5.75 Å². The van der Waals surface area contributed by atoms with Gasteiger partial charge in [-0.2, -0.15) is 4.31 Å². The Morgan fingerprint density at radius 1 is 1.26 bits per heavy atom. The van der Waals surface area contributed by atoms with Gasteiger partial charge in [0, 0.05) is 30.6 Å². The molecule has 1 amide bonds. The fraction of sp³-hybridized carbons (Fsp3) is 0.364. The number of anilines is 1. The monoisotopic (exact) mass is 457 g/mol. The van der Waals surface area contributed by atoms with Crippen LogP contribution >= 0.6 is 11.3 Å². The van der Waals surface area contributed by atoms with E-state index in [9.17, 15) is 13.2 Å². The van der Waals surface area contributed by atoms with Crippen molar-refractivity contribution in [3.63, 3.8) is 0 Å². The predicted octanol–water partition coefficient (Wildman–Crippen LogP) is 3.66. The molecule has 2 aliphatic heterocycles. The normalized spacial score (nSPS) is 21.6. The van der Waals surface area contributed by atoms with Crippen LogP contribution in [0.3, 0.4) is 0 Å². The van der Waals surface area contributed by atoms with Crippen molar-refractivity contribution in [3.05, 3.63) is 47.5 Å². The number of fused-ring (bicyclic) bond motifs is 2. The first kappa shape index (κ1) is 20.4. The number of carbonyl (C=O) groups excluding carboxylic acids is 1. The van der Waals surface area contributed by atoms with E-state index >= 15 is 0 Å². The van der Waals surface area contributed by atoms with Crippen LogP contribution in [0.15, 0.2) is 46.8 Å². The Kier molecular flexibility index (Phi) is 5.19. The molecule has 0 aliphatic carbocycles. The van der Waals surface area contributed by atoms with Crippen LogP contribution < -0.4 is 10.1 Å². The van der Waals surface area contributed by atoms with E-state index in [2.05, 4.69) is 10.3 Å². The Hall–Kier alpha value is -2.49. The molecule has 2 atom stereocenters. The lowest BCUT2D eigenvalue weighted by atomic mass is 9.92. The first-order valence-corrected chi connectivity index (χ1v) is 12.7. The van der Waals surface area contributed by atoms with Gasteiger partial charge in [0.2, 0.25) is 15.9 Å². The number of benzene rings is 2. The molecular weight excluding hydrogens is 434 g/mol. The number of carbonyl (C=O) groups is 1. The number of hydrogen-bond donors (Lipinski definition) is 1. The molecular formula is C22H23N3O4S2. The minimum atomic E-state index is -3.62. The molecule has 3 aromatic rings. The maximum Gasteiger partial charge on any atom is 0.243 e. The van der Waals surface area contributed by atoms with E-state index < -0.39 is 10.0 Å². The second-order valence-electron chi connectivity index (χ2n) is 8.08. The second kappa shape index (κ2) is 7.89. The van der Waals surface area contributed by atoms with Gasteiger partial charge < -0.3 is 10.1 Å². The standard InChI is InChI=1S/C22H23N3O4S2/c1-14-10-16(22(26)24-17-2-5-21-19(12-17)23-13-30-21)6-8-25(14)31(27,28)18-3-4-20-15(11-18)7-9-29-20/h2-5,11-14,16H,6-10H2,1H3,(H,24,26). The Balaban J connectivity index is 1.27. The maximum absolute atomic E-state index is 13.2. The van der Waals surface area contributed by atoms with E-state index in [1.165, 1.54) is 4.31 Å². The fourth-order valence-corrected chi connectivity index (χ4v) is 6.75. The Labute approximate surface area is 185 Å². The average molecular weight is 458 g/mol. The number of sulfonamides is 1. The van der Waals surface area contributed by atoms with Gasteiger partial charge in [0.05, 0.1) is 27.2 Å². The molecule has 2 unspecified atom stereocenters. The number of hydrogen-bond acceptors (Lipinski definition) is 6. The second-order valence-corrected chi connectivity index (χ2v) is 10.9. The quantitative estimate of drug-likeness (QED) is 0.646. The van der Waals surface area contributed by atoms with Gasteiger partial charge in [-0.15, -0.1) is 11.3 Å². The molecule has 3 heterocycles. The summed E-state index contributed by atoms with van der Waals surface area (Å²) in [5.74, 6) is 0.451. The van der Waals surface area contributed by atoms with E-state index in [1.54, 1.807) is 35.0 Å². The Morgan fingerprint density at radius 3 is 2.97 bits per heavy atom. The average Bonchev–Trinajstić information content (AvgIpc) is 3.41. The van der Waals surface area contributed by atoms with Crippen molar-refractivity contribution >= 4 is 43.2 Å². The van der Waals surface area contributed by atoms with E-state index in [1.807, 2.05) is 25.1 Å². The zero-order chi connectivity index (χ0) is 21.6. The molecule has 0 spiro atoms. The van der Waals surface area contributed by atoms with Crippen molar-refractivity contribution in [3.8, 4) is 5.75 Å². The maximum atomic E-state index is 13.2. The van der Waals surface area contributed by atoms with Crippen molar-refractivity contribution in [1.82, 2.24) is 9.29 Å². The lowest BCUT2D eigenvalue weighted by Gasteiger charge is -2.36. The van der Waals surface area contributed by atoms with Crippen molar-refractivity contribution in [2.45, 2.75) is 37.1 Å².